The van der Waals surface area contributed by atoms with Crippen molar-refractivity contribution in [1.29, 1.82) is 0 Å². The first-order chi connectivity index (χ1) is 8.95. The van der Waals surface area contributed by atoms with Crippen LogP contribution in [-0.4, -0.2) is 35.7 Å². The molecule has 7 heteroatoms. The zero-order chi connectivity index (χ0) is 14.0. The Bertz CT molecular complexity index is 552. The third-order valence-electron chi connectivity index (χ3n) is 2.44. The Labute approximate surface area is 118 Å². The number of rotatable bonds is 4. The van der Waals surface area contributed by atoms with E-state index in [0.29, 0.717) is 22.4 Å². The second kappa shape index (κ2) is 5.77. The summed E-state index contributed by atoms with van der Waals surface area (Å²) in [5.41, 5.74) is 6.45. The number of halogens is 2. The van der Waals surface area contributed by atoms with Gasteiger partial charge in [-0.05, 0) is 32.3 Å². The van der Waals surface area contributed by atoms with Gasteiger partial charge in [-0.1, -0.05) is 21.1 Å². The van der Waals surface area contributed by atoms with Crippen LogP contribution in [0.2, 0.25) is 0 Å². The summed E-state index contributed by atoms with van der Waals surface area (Å²) in [6.07, 6.45) is 0. The first kappa shape index (κ1) is 14.1. The lowest BCUT2D eigenvalue weighted by atomic mass is 10.2. The zero-order valence-corrected chi connectivity index (χ0v) is 12.2. The predicted octanol–water partition coefficient (Wildman–Crippen LogP) is 2.20. The summed E-state index contributed by atoms with van der Waals surface area (Å²) in [6.45, 7) is 0.603. The van der Waals surface area contributed by atoms with E-state index in [0.717, 1.165) is 0 Å². The number of hydrogen-bond donors (Lipinski definition) is 1. The van der Waals surface area contributed by atoms with Gasteiger partial charge < -0.3 is 15.2 Å². The number of nitrogens with zero attached hydrogens (tertiary/aromatic N) is 3. The van der Waals surface area contributed by atoms with Crippen LogP contribution in [0.25, 0.3) is 11.5 Å². The maximum atomic E-state index is 13.3. The van der Waals surface area contributed by atoms with Crippen LogP contribution in [-0.2, 0) is 0 Å². The van der Waals surface area contributed by atoms with Crippen LogP contribution in [0, 0.1) is 5.82 Å². The van der Waals surface area contributed by atoms with Crippen LogP contribution in [0.4, 0.5) is 4.39 Å². The third-order valence-corrected chi connectivity index (χ3v) is 2.90. The van der Waals surface area contributed by atoms with Gasteiger partial charge in [-0.2, -0.15) is 4.98 Å². The maximum Gasteiger partial charge on any atom is 0.258 e. The molecule has 1 aromatic carbocycles. The van der Waals surface area contributed by atoms with E-state index >= 15 is 0 Å². The first-order valence-electron chi connectivity index (χ1n) is 5.66. The highest BCUT2D eigenvalue weighted by Gasteiger charge is 2.16. The van der Waals surface area contributed by atoms with Crippen molar-refractivity contribution >= 4 is 15.9 Å². The van der Waals surface area contributed by atoms with E-state index < -0.39 is 0 Å². The standard InChI is InChI=1S/C12H14BrFN4O/c1-18(2)6-10(15)11-16-12(19-17-11)7-3-8(13)5-9(14)4-7/h3-5,10H,6,15H2,1-2H3. The van der Waals surface area contributed by atoms with Gasteiger partial charge in [0.1, 0.15) is 5.82 Å². The van der Waals surface area contributed by atoms with Gasteiger partial charge in [-0.3, -0.25) is 0 Å². The van der Waals surface area contributed by atoms with Crippen molar-refractivity contribution in [1.82, 2.24) is 15.0 Å². The highest BCUT2D eigenvalue weighted by molar-refractivity contribution is 9.10. The molecule has 1 unspecified atom stereocenters. The lowest BCUT2D eigenvalue weighted by molar-refractivity contribution is 0.357. The Morgan fingerprint density at radius 3 is 2.79 bits per heavy atom. The third kappa shape index (κ3) is 3.59. The summed E-state index contributed by atoms with van der Waals surface area (Å²) in [4.78, 5) is 6.13. The molecule has 0 radical (unpaired) electrons. The molecule has 0 saturated heterocycles. The fourth-order valence-electron chi connectivity index (χ4n) is 1.66. The number of benzene rings is 1. The maximum absolute atomic E-state index is 13.3. The van der Waals surface area contributed by atoms with Gasteiger partial charge >= 0.3 is 0 Å². The Morgan fingerprint density at radius 2 is 2.16 bits per heavy atom. The fraction of sp³-hybridized carbons (Fsp3) is 0.333. The van der Waals surface area contributed by atoms with Crippen molar-refractivity contribution in [2.45, 2.75) is 6.04 Å². The minimum atomic E-state index is -0.373. The monoisotopic (exact) mass is 328 g/mol. The molecule has 1 heterocycles. The summed E-state index contributed by atoms with van der Waals surface area (Å²) in [5, 5.41) is 3.83. The summed E-state index contributed by atoms with van der Waals surface area (Å²) < 4.78 is 19.0. The highest BCUT2D eigenvalue weighted by atomic mass is 79.9. The molecule has 0 spiro atoms. The number of likely N-dealkylation sites (N-methyl/N-ethyl adjacent to an activating group) is 1. The van der Waals surface area contributed by atoms with Crippen LogP contribution >= 0.6 is 15.9 Å². The second-order valence-electron chi connectivity index (χ2n) is 4.48. The van der Waals surface area contributed by atoms with Crippen molar-refractivity contribution in [3.8, 4) is 11.5 Å². The fourth-order valence-corrected chi connectivity index (χ4v) is 2.12. The lowest BCUT2D eigenvalue weighted by Gasteiger charge is -2.12. The van der Waals surface area contributed by atoms with Crippen LogP contribution < -0.4 is 5.73 Å². The summed E-state index contributed by atoms with van der Waals surface area (Å²) in [6, 6.07) is 4.06. The Kier molecular flexibility index (Phi) is 4.28. The molecule has 0 aliphatic carbocycles. The largest absolute Gasteiger partial charge is 0.334 e. The summed E-state index contributed by atoms with van der Waals surface area (Å²) in [7, 11) is 3.81. The van der Waals surface area contributed by atoms with Crippen LogP contribution in [0.5, 0.6) is 0 Å². The topological polar surface area (TPSA) is 68.2 Å². The highest BCUT2D eigenvalue weighted by Crippen LogP contribution is 2.24. The van der Waals surface area contributed by atoms with Crippen molar-refractivity contribution in [2.24, 2.45) is 5.73 Å². The Hall–Kier alpha value is -1.31. The smallest absolute Gasteiger partial charge is 0.258 e. The molecule has 1 atom stereocenters. The Morgan fingerprint density at radius 1 is 1.42 bits per heavy atom. The van der Waals surface area contributed by atoms with E-state index in [1.807, 2.05) is 19.0 Å². The molecule has 0 aliphatic rings. The molecule has 5 nitrogen and oxygen atoms in total. The van der Waals surface area contributed by atoms with E-state index in [9.17, 15) is 4.39 Å². The normalized spacial score (nSPS) is 12.9. The second-order valence-corrected chi connectivity index (χ2v) is 5.40. The molecule has 2 aromatic rings. The number of aromatic nitrogens is 2. The van der Waals surface area contributed by atoms with Gasteiger partial charge in [-0.25, -0.2) is 4.39 Å². The van der Waals surface area contributed by atoms with Crippen LogP contribution in [0.15, 0.2) is 27.2 Å². The minimum absolute atomic E-state index is 0.254. The molecule has 0 saturated carbocycles. The molecule has 0 amide bonds. The van der Waals surface area contributed by atoms with Gasteiger partial charge in [0.05, 0.1) is 6.04 Å². The predicted molar refractivity (Wildman–Crippen MR) is 72.9 cm³/mol. The van der Waals surface area contributed by atoms with E-state index in [-0.39, 0.29) is 17.7 Å². The quantitative estimate of drug-likeness (QED) is 0.931. The zero-order valence-electron chi connectivity index (χ0n) is 10.6. The van der Waals surface area contributed by atoms with Gasteiger partial charge in [-0.15, -0.1) is 0 Å². The minimum Gasteiger partial charge on any atom is -0.334 e. The SMILES string of the molecule is CN(C)CC(N)c1noc(-c2cc(F)cc(Br)c2)n1. The summed E-state index contributed by atoms with van der Waals surface area (Å²) >= 11 is 3.22. The van der Waals surface area contributed by atoms with Gasteiger partial charge in [0.25, 0.3) is 5.89 Å². The number of hydrogen-bond acceptors (Lipinski definition) is 5. The number of nitrogens with two attached hydrogens (primary N) is 1. The molecule has 0 aliphatic heterocycles. The molecule has 19 heavy (non-hydrogen) atoms. The van der Waals surface area contributed by atoms with E-state index in [4.69, 9.17) is 10.3 Å². The van der Waals surface area contributed by atoms with Crippen LogP contribution in [0.3, 0.4) is 0 Å². The Balaban J connectivity index is 2.25. The van der Waals surface area contributed by atoms with E-state index in [1.165, 1.54) is 12.1 Å². The van der Waals surface area contributed by atoms with Crippen molar-refractivity contribution < 1.29 is 8.91 Å². The molecule has 0 bridgehead atoms. The molecule has 0 fully saturated rings. The average molecular weight is 329 g/mol. The molecule has 1 aromatic heterocycles. The molecular weight excluding hydrogens is 315 g/mol. The first-order valence-corrected chi connectivity index (χ1v) is 6.45. The van der Waals surface area contributed by atoms with Gasteiger partial charge in [0.15, 0.2) is 5.82 Å². The van der Waals surface area contributed by atoms with Crippen molar-refractivity contribution in [3.05, 3.63) is 34.3 Å². The van der Waals surface area contributed by atoms with E-state index in [2.05, 4.69) is 26.1 Å². The molecular formula is C12H14BrFN4O. The van der Waals surface area contributed by atoms with Gasteiger partial charge in [0.2, 0.25) is 0 Å². The molecule has 2 rings (SSSR count). The van der Waals surface area contributed by atoms with Gasteiger partial charge in [0, 0.05) is 16.6 Å². The summed E-state index contributed by atoms with van der Waals surface area (Å²) in [5.74, 6) is 0.287. The van der Waals surface area contributed by atoms with E-state index in [1.54, 1.807) is 6.07 Å². The lowest BCUT2D eigenvalue weighted by Crippen LogP contribution is -2.26. The van der Waals surface area contributed by atoms with Crippen LogP contribution in [0.1, 0.15) is 11.9 Å². The average Bonchev–Trinajstić information content (AvgIpc) is 2.75. The molecule has 102 valence electrons. The van der Waals surface area contributed by atoms with Crippen molar-refractivity contribution in [2.75, 3.05) is 20.6 Å². The van der Waals surface area contributed by atoms with Crippen molar-refractivity contribution in [3.63, 3.8) is 0 Å². The molecule has 2 N–H and O–H groups in total.